The van der Waals surface area contributed by atoms with Crippen LogP contribution in [0.3, 0.4) is 0 Å². The van der Waals surface area contributed by atoms with Crippen molar-refractivity contribution in [2.75, 3.05) is 11.9 Å². The number of aryl methyl sites for hydroxylation is 1. The predicted molar refractivity (Wildman–Crippen MR) is 77.2 cm³/mol. The van der Waals surface area contributed by atoms with Crippen LogP contribution in [0.4, 0.5) is 5.82 Å². The summed E-state index contributed by atoms with van der Waals surface area (Å²) < 4.78 is 0. The average molecular weight is 275 g/mol. The first-order valence-electron chi connectivity index (χ1n) is 7.16. The largest absolute Gasteiger partial charge is 0.331 e. The molecule has 2 amide bonds. The summed E-state index contributed by atoms with van der Waals surface area (Å²) in [5, 5.41) is 2.81. The number of hydrogen-bond acceptors (Lipinski definition) is 3. The maximum absolute atomic E-state index is 12.3. The molecule has 1 N–H and O–H groups in total. The molecule has 1 aliphatic rings. The van der Waals surface area contributed by atoms with Crippen LogP contribution in [0.1, 0.15) is 38.3 Å². The highest BCUT2D eigenvalue weighted by atomic mass is 16.2. The summed E-state index contributed by atoms with van der Waals surface area (Å²) in [6, 6.07) is 5.14. The minimum Gasteiger partial charge on any atom is -0.331 e. The number of hydrogen-bond donors (Lipinski definition) is 1. The van der Waals surface area contributed by atoms with Crippen LogP contribution in [-0.4, -0.2) is 34.3 Å². The van der Waals surface area contributed by atoms with Crippen LogP contribution in [0, 0.1) is 6.92 Å². The Morgan fingerprint density at radius 1 is 1.45 bits per heavy atom. The van der Waals surface area contributed by atoms with Gasteiger partial charge in [-0.25, -0.2) is 4.98 Å². The highest BCUT2D eigenvalue weighted by Gasteiger charge is 2.33. The van der Waals surface area contributed by atoms with Gasteiger partial charge in [-0.05, 0) is 38.3 Å². The summed E-state index contributed by atoms with van der Waals surface area (Å²) in [5.41, 5.74) is 0.855. The zero-order valence-corrected chi connectivity index (χ0v) is 12.1. The molecular weight excluding hydrogens is 254 g/mol. The topological polar surface area (TPSA) is 62.3 Å². The second kappa shape index (κ2) is 6.50. The number of pyridine rings is 1. The molecular formula is C15H21N3O2. The van der Waals surface area contributed by atoms with Gasteiger partial charge in [-0.1, -0.05) is 13.0 Å². The third-order valence-corrected chi connectivity index (χ3v) is 3.48. The highest BCUT2D eigenvalue weighted by molar-refractivity contribution is 5.96. The van der Waals surface area contributed by atoms with Crippen molar-refractivity contribution in [3.05, 3.63) is 23.9 Å². The van der Waals surface area contributed by atoms with Crippen molar-refractivity contribution >= 4 is 17.6 Å². The molecule has 108 valence electrons. The van der Waals surface area contributed by atoms with E-state index < -0.39 is 0 Å². The molecule has 1 aromatic heterocycles. The molecule has 1 fully saturated rings. The lowest BCUT2D eigenvalue weighted by Crippen LogP contribution is -2.43. The fourth-order valence-corrected chi connectivity index (χ4v) is 2.52. The molecule has 2 heterocycles. The van der Waals surface area contributed by atoms with Crippen molar-refractivity contribution in [3.8, 4) is 0 Å². The van der Waals surface area contributed by atoms with Gasteiger partial charge in [-0.3, -0.25) is 9.59 Å². The van der Waals surface area contributed by atoms with Gasteiger partial charge in [0.05, 0.1) is 0 Å². The Kier molecular flexibility index (Phi) is 4.71. The summed E-state index contributed by atoms with van der Waals surface area (Å²) in [6.07, 6.45) is 2.93. The molecule has 20 heavy (non-hydrogen) atoms. The van der Waals surface area contributed by atoms with Gasteiger partial charge < -0.3 is 10.2 Å². The van der Waals surface area contributed by atoms with E-state index >= 15 is 0 Å². The molecule has 1 aromatic rings. The highest BCUT2D eigenvalue weighted by Crippen LogP contribution is 2.20. The minimum atomic E-state index is -0.351. The second-order valence-electron chi connectivity index (χ2n) is 5.15. The Morgan fingerprint density at radius 2 is 2.25 bits per heavy atom. The Labute approximate surface area is 119 Å². The molecule has 1 aliphatic heterocycles. The molecule has 0 bridgehead atoms. The van der Waals surface area contributed by atoms with E-state index in [0.717, 1.165) is 25.0 Å². The lowest BCUT2D eigenvalue weighted by Gasteiger charge is -2.23. The van der Waals surface area contributed by atoms with Crippen molar-refractivity contribution in [3.63, 3.8) is 0 Å². The Morgan fingerprint density at radius 3 is 2.95 bits per heavy atom. The standard InChI is InChI=1S/C15H21N3O2/c1-3-6-14(19)18-10-5-8-12(18)15(20)17-13-9-4-7-11(2)16-13/h4,7,9,12H,3,5-6,8,10H2,1-2H3,(H,16,17,20). The molecule has 1 saturated heterocycles. The second-order valence-corrected chi connectivity index (χ2v) is 5.15. The predicted octanol–water partition coefficient (Wildman–Crippen LogP) is 2.12. The van der Waals surface area contributed by atoms with Gasteiger partial charge >= 0.3 is 0 Å². The number of rotatable bonds is 4. The van der Waals surface area contributed by atoms with Crippen LogP contribution in [0.5, 0.6) is 0 Å². The van der Waals surface area contributed by atoms with E-state index in [4.69, 9.17) is 0 Å². The quantitative estimate of drug-likeness (QED) is 0.915. The summed E-state index contributed by atoms with van der Waals surface area (Å²) in [7, 11) is 0. The van der Waals surface area contributed by atoms with Gasteiger partial charge in [0.2, 0.25) is 11.8 Å². The van der Waals surface area contributed by atoms with Gasteiger partial charge in [-0.15, -0.1) is 0 Å². The summed E-state index contributed by atoms with van der Waals surface area (Å²) in [4.78, 5) is 30.3. The lowest BCUT2D eigenvalue weighted by atomic mass is 10.2. The van der Waals surface area contributed by atoms with E-state index in [2.05, 4.69) is 10.3 Å². The summed E-state index contributed by atoms with van der Waals surface area (Å²) in [5.74, 6) is 0.484. The van der Waals surface area contributed by atoms with E-state index in [-0.39, 0.29) is 17.9 Å². The van der Waals surface area contributed by atoms with Gasteiger partial charge in [0, 0.05) is 18.7 Å². The smallest absolute Gasteiger partial charge is 0.248 e. The maximum atomic E-state index is 12.3. The van der Waals surface area contributed by atoms with E-state index in [0.29, 0.717) is 18.8 Å². The molecule has 5 heteroatoms. The van der Waals surface area contributed by atoms with Crippen LogP contribution >= 0.6 is 0 Å². The Hall–Kier alpha value is -1.91. The number of anilines is 1. The first-order valence-corrected chi connectivity index (χ1v) is 7.16. The third-order valence-electron chi connectivity index (χ3n) is 3.48. The average Bonchev–Trinajstić information content (AvgIpc) is 2.88. The zero-order valence-electron chi connectivity index (χ0n) is 12.1. The van der Waals surface area contributed by atoms with E-state index in [1.807, 2.05) is 26.0 Å². The summed E-state index contributed by atoms with van der Waals surface area (Å²) >= 11 is 0. The van der Waals surface area contributed by atoms with Crippen molar-refractivity contribution in [1.82, 2.24) is 9.88 Å². The molecule has 1 atom stereocenters. The zero-order chi connectivity index (χ0) is 14.5. The van der Waals surface area contributed by atoms with E-state index in [1.165, 1.54) is 0 Å². The third kappa shape index (κ3) is 3.35. The number of carbonyl (C=O) groups is 2. The van der Waals surface area contributed by atoms with E-state index in [1.54, 1.807) is 11.0 Å². The van der Waals surface area contributed by atoms with Gasteiger partial charge in [-0.2, -0.15) is 0 Å². The number of likely N-dealkylation sites (tertiary alicyclic amines) is 1. The molecule has 0 spiro atoms. The van der Waals surface area contributed by atoms with E-state index in [9.17, 15) is 9.59 Å². The fourth-order valence-electron chi connectivity index (χ4n) is 2.52. The van der Waals surface area contributed by atoms with Gasteiger partial charge in [0.1, 0.15) is 11.9 Å². The molecule has 0 aliphatic carbocycles. The van der Waals surface area contributed by atoms with Crippen molar-refractivity contribution in [1.29, 1.82) is 0 Å². The minimum absolute atomic E-state index is 0.0716. The lowest BCUT2D eigenvalue weighted by molar-refractivity contribution is -0.136. The van der Waals surface area contributed by atoms with Gasteiger partial charge in [0.15, 0.2) is 0 Å². The number of nitrogens with one attached hydrogen (secondary N) is 1. The van der Waals surface area contributed by atoms with Gasteiger partial charge in [0.25, 0.3) is 0 Å². The SMILES string of the molecule is CCCC(=O)N1CCCC1C(=O)Nc1cccc(C)n1. The van der Waals surface area contributed by atoms with Crippen LogP contribution < -0.4 is 5.32 Å². The number of carbonyl (C=O) groups excluding carboxylic acids is 2. The van der Waals surface area contributed by atoms with Crippen LogP contribution in [0.15, 0.2) is 18.2 Å². The molecule has 5 nitrogen and oxygen atoms in total. The van der Waals surface area contributed by atoms with Crippen LogP contribution in [0.25, 0.3) is 0 Å². The Balaban J connectivity index is 2.02. The first kappa shape index (κ1) is 14.5. The number of nitrogens with zero attached hydrogens (tertiary/aromatic N) is 2. The number of amides is 2. The maximum Gasteiger partial charge on any atom is 0.248 e. The molecule has 0 radical (unpaired) electrons. The monoisotopic (exact) mass is 275 g/mol. The van der Waals surface area contributed by atoms with Crippen molar-refractivity contribution in [2.24, 2.45) is 0 Å². The van der Waals surface area contributed by atoms with Crippen LogP contribution in [0.2, 0.25) is 0 Å². The normalized spacial score (nSPS) is 18.1. The molecule has 1 unspecified atom stereocenters. The van der Waals surface area contributed by atoms with Crippen LogP contribution in [-0.2, 0) is 9.59 Å². The first-order chi connectivity index (χ1) is 9.61. The molecule has 2 rings (SSSR count). The van der Waals surface area contributed by atoms with Crippen molar-refractivity contribution in [2.45, 2.75) is 45.6 Å². The number of aromatic nitrogens is 1. The van der Waals surface area contributed by atoms with Crippen molar-refractivity contribution < 1.29 is 9.59 Å². The summed E-state index contributed by atoms with van der Waals surface area (Å²) in [6.45, 7) is 4.53. The fraction of sp³-hybridized carbons (Fsp3) is 0.533. The Bertz CT molecular complexity index is 502. The molecule has 0 saturated carbocycles. The molecule has 0 aromatic carbocycles.